The molecule has 1 amide bonds. The number of carbonyl (C=O) groups is 1. The molecule has 2 rings (SSSR count). The lowest BCUT2D eigenvalue weighted by atomic mass is 10.0. The fourth-order valence-corrected chi connectivity index (χ4v) is 2.98. The maximum absolute atomic E-state index is 12.1. The van der Waals surface area contributed by atoms with E-state index in [2.05, 4.69) is 40.8 Å². The lowest BCUT2D eigenvalue weighted by Gasteiger charge is -2.46. The second kappa shape index (κ2) is 8.76. The second-order valence-corrected chi connectivity index (χ2v) is 5.66. The molecule has 0 aromatic carbocycles. The Bertz CT molecular complexity index is 458. The number of hydrogen-bond donors (Lipinski definition) is 0. The van der Waals surface area contributed by atoms with Crippen LogP contribution in [0.1, 0.15) is 53.0 Å². The zero-order valence-corrected chi connectivity index (χ0v) is 15.0. The molecule has 0 saturated carbocycles. The Balaban J connectivity index is 0.00000116. The van der Waals surface area contributed by atoms with E-state index in [-0.39, 0.29) is 18.0 Å². The van der Waals surface area contributed by atoms with Gasteiger partial charge in [0.15, 0.2) is 0 Å². The lowest BCUT2D eigenvalue weighted by Crippen LogP contribution is -2.59. The summed E-state index contributed by atoms with van der Waals surface area (Å²) in [5, 5.41) is 0. The molecule has 0 N–H and O–H groups in total. The minimum Gasteiger partial charge on any atom is -0.353 e. The molecule has 1 aliphatic heterocycles. The molecule has 1 aliphatic rings. The predicted octanol–water partition coefficient (Wildman–Crippen LogP) is 3.64. The molecule has 1 saturated heterocycles. The highest BCUT2D eigenvalue weighted by atomic mass is 16.2. The third-order valence-electron chi connectivity index (χ3n) is 4.07. The van der Waals surface area contributed by atoms with E-state index in [1.54, 1.807) is 0 Å². The summed E-state index contributed by atoms with van der Waals surface area (Å²) >= 11 is 0. The standard InChI is InChI=1S/C16H25N3O.C2H6/c1-5-14-11-18(15-8-7-12(3)9-17-15)10-13(4)19(14)16(20)6-2;1-2/h7-9,13-14H,5-6,10-11H2,1-4H3;1-2H3/t13-,14+;/m0./s1. The number of aryl methyl sites for hydroxylation is 1. The highest BCUT2D eigenvalue weighted by Crippen LogP contribution is 2.23. The fraction of sp³-hybridized carbons (Fsp3) is 0.667. The summed E-state index contributed by atoms with van der Waals surface area (Å²) in [6.45, 7) is 14.0. The number of nitrogens with zero attached hydrogens (tertiary/aromatic N) is 3. The van der Waals surface area contributed by atoms with E-state index < -0.39 is 0 Å². The van der Waals surface area contributed by atoms with Crippen molar-refractivity contribution in [1.82, 2.24) is 9.88 Å². The predicted molar refractivity (Wildman–Crippen MR) is 93.2 cm³/mol. The minimum absolute atomic E-state index is 0.240. The average Bonchev–Trinajstić information content (AvgIpc) is 2.55. The van der Waals surface area contributed by atoms with Gasteiger partial charge >= 0.3 is 0 Å². The van der Waals surface area contributed by atoms with Crippen LogP contribution in [-0.4, -0.2) is 41.0 Å². The molecule has 0 aliphatic carbocycles. The third-order valence-corrected chi connectivity index (χ3v) is 4.07. The van der Waals surface area contributed by atoms with Crippen molar-refractivity contribution >= 4 is 11.7 Å². The van der Waals surface area contributed by atoms with Gasteiger partial charge in [-0.1, -0.05) is 33.8 Å². The number of amides is 1. The molecule has 22 heavy (non-hydrogen) atoms. The van der Waals surface area contributed by atoms with Gasteiger partial charge in [-0.2, -0.15) is 0 Å². The van der Waals surface area contributed by atoms with E-state index in [0.717, 1.165) is 25.3 Å². The number of piperazine rings is 1. The van der Waals surface area contributed by atoms with E-state index in [1.807, 2.05) is 33.9 Å². The molecule has 124 valence electrons. The summed E-state index contributed by atoms with van der Waals surface area (Å²) in [7, 11) is 0. The van der Waals surface area contributed by atoms with Crippen LogP contribution in [0.15, 0.2) is 18.3 Å². The van der Waals surface area contributed by atoms with Crippen molar-refractivity contribution in [1.29, 1.82) is 0 Å². The Kier molecular flexibility index (Phi) is 7.36. The van der Waals surface area contributed by atoms with E-state index >= 15 is 0 Å². The SMILES string of the molecule is CC.CCC(=O)N1[C@H](CC)CN(c2ccc(C)cn2)C[C@@H]1C. The number of carbonyl (C=O) groups excluding carboxylic acids is 1. The molecule has 1 fully saturated rings. The molecule has 0 spiro atoms. The molecular formula is C18H31N3O. The summed E-state index contributed by atoms with van der Waals surface area (Å²) in [5.74, 6) is 1.28. The van der Waals surface area contributed by atoms with Crippen LogP contribution in [0, 0.1) is 6.92 Å². The fourth-order valence-electron chi connectivity index (χ4n) is 2.98. The van der Waals surface area contributed by atoms with Gasteiger partial charge in [0, 0.05) is 37.8 Å². The molecule has 0 bridgehead atoms. The number of rotatable bonds is 3. The Morgan fingerprint density at radius 3 is 2.45 bits per heavy atom. The van der Waals surface area contributed by atoms with Gasteiger partial charge in [-0.15, -0.1) is 0 Å². The first-order valence-corrected chi connectivity index (χ1v) is 8.55. The molecule has 1 aromatic rings. The van der Waals surface area contributed by atoms with Crippen molar-refractivity contribution in [2.24, 2.45) is 0 Å². The Labute approximate surface area is 135 Å². The quantitative estimate of drug-likeness (QED) is 0.855. The number of anilines is 1. The highest BCUT2D eigenvalue weighted by Gasteiger charge is 2.33. The summed E-state index contributed by atoms with van der Waals surface area (Å²) in [5.41, 5.74) is 1.17. The van der Waals surface area contributed by atoms with E-state index in [1.165, 1.54) is 5.56 Å². The summed E-state index contributed by atoms with van der Waals surface area (Å²) in [4.78, 5) is 21.0. The molecule has 1 aromatic heterocycles. The van der Waals surface area contributed by atoms with Gasteiger partial charge < -0.3 is 9.80 Å². The number of pyridine rings is 1. The monoisotopic (exact) mass is 305 g/mol. The molecule has 4 nitrogen and oxygen atoms in total. The maximum atomic E-state index is 12.1. The van der Waals surface area contributed by atoms with Gasteiger partial charge in [0.2, 0.25) is 5.91 Å². The molecule has 0 radical (unpaired) electrons. The van der Waals surface area contributed by atoms with Crippen LogP contribution in [0.4, 0.5) is 5.82 Å². The third kappa shape index (κ3) is 4.21. The molecule has 2 atom stereocenters. The molecular weight excluding hydrogens is 274 g/mol. The van der Waals surface area contributed by atoms with Crippen molar-refractivity contribution in [3.8, 4) is 0 Å². The molecule has 2 heterocycles. The van der Waals surface area contributed by atoms with Crippen molar-refractivity contribution in [3.63, 3.8) is 0 Å². The van der Waals surface area contributed by atoms with Gasteiger partial charge in [0.1, 0.15) is 5.82 Å². The largest absolute Gasteiger partial charge is 0.353 e. The maximum Gasteiger partial charge on any atom is 0.222 e. The first-order chi connectivity index (χ1) is 10.6. The Morgan fingerprint density at radius 2 is 1.95 bits per heavy atom. The van der Waals surface area contributed by atoms with E-state index in [4.69, 9.17) is 0 Å². The van der Waals surface area contributed by atoms with Gasteiger partial charge in [-0.05, 0) is 31.9 Å². The van der Waals surface area contributed by atoms with Crippen LogP contribution in [-0.2, 0) is 4.79 Å². The normalized spacial score (nSPS) is 21.2. The highest BCUT2D eigenvalue weighted by molar-refractivity contribution is 5.77. The van der Waals surface area contributed by atoms with Crippen LogP contribution < -0.4 is 4.90 Å². The van der Waals surface area contributed by atoms with Crippen molar-refractivity contribution in [2.75, 3.05) is 18.0 Å². The number of aromatic nitrogens is 1. The summed E-state index contributed by atoms with van der Waals surface area (Å²) < 4.78 is 0. The van der Waals surface area contributed by atoms with Crippen LogP contribution in [0.2, 0.25) is 0 Å². The summed E-state index contributed by atoms with van der Waals surface area (Å²) in [6, 6.07) is 4.70. The first kappa shape index (κ1) is 18.5. The molecule has 4 heteroatoms. The van der Waals surface area contributed by atoms with Crippen LogP contribution in [0.25, 0.3) is 0 Å². The van der Waals surface area contributed by atoms with Crippen LogP contribution >= 0.6 is 0 Å². The van der Waals surface area contributed by atoms with E-state index in [9.17, 15) is 4.79 Å². The van der Waals surface area contributed by atoms with Crippen molar-refractivity contribution < 1.29 is 4.79 Å². The van der Waals surface area contributed by atoms with Crippen LogP contribution in [0.5, 0.6) is 0 Å². The van der Waals surface area contributed by atoms with E-state index in [0.29, 0.717) is 6.42 Å². The van der Waals surface area contributed by atoms with Crippen molar-refractivity contribution in [2.45, 2.75) is 66.5 Å². The van der Waals surface area contributed by atoms with Crippen molar-refractivity contribution in [3.05, 3.63) is 23.9 Å². The Morgan fingerprint density at radius 1 is 1.27 bits per heavy atom. The Hall–Kier alpha value is -1.58. The zero-order valence-electron chi connectivity index (χ0n) is 15.0. The summed E-state index contributed by atoms with van der Waals surface area (Å²) in [6.07, 6.45) is 3.48. The average molecular weight is 305 g/mol. The lowest BCUT2D eigenvalue weighted by molar-refractivity contribution is -0.136. The van der Waals surface area contributed by atoms with Gasteiger partial charge in [-0.3, -0.25) is 4.79 Å². The second-order valence-electron chi connectivity index (χ2n) is 5.66. The topological polar surface area (TPSA) is 36.4 Å². The van der Waals surface area contributed by atoms with Gasteiger partial charge in [0.25, 0.3) is 0 Å². The molecule has 0 unspecified atom stereocenters. The first-order valence-electron chi connectivity index (χ1n) is 8.55. The van der Waals surface area contributed by atoms with Gasteiger partial charge in [0.05, 0.1) is 0 Å². The number of hydrogen-bond acceptors (Lipinski definition) is 3. The zero-order chi connectivity index (χ0) is 16.7. The van der Waals surface area contributed by atoms with Crippen LogP contribution in [0.3, 0.4) is 0 Å². The van der Waals surface area contributed by atoms with Gasteiger partial charge in [-0.25, -0.2) is 4.98 Å². The minimum atomic E-state index is 0.240. The smallest absolute Gasteiger partial charge is 0.222 e.